The molecule has 29 heavy (non-hydrogen) atoms. The SMILES string of the molecule is COC(=O)c1cc(C)c(NCc2nc(N3CCCC(CO)C3)ccc2C)c(C)c1. The number of pyridine rings is 1. The van der Waals surface area contributed by atoms with Gasteiger partial charge in [-0.15, -0.1) is 0 Å². The first-order valence-corrected chi connectivity index (χ1v) is 10.2. The van der Waals surface area contributed by atoms with Gasteiger partial charge >= 0.3 is 5.97 Å². The summed E-state index contributed by atoms with van der Waals surface area (Å²) in [6.45, 7) is 8.72. The highest BCUT2D eigenvalue weighted by atomic mass is 16.5. The van der Waals surface area contributed by atoms with Gasteiger partial charge in [-0.1, -0.05) is 6.07 Å². The van der Waals surface area contributed by atoms with E-state index in [1.165, 1.54) is 7.11 Å². The molecule has 1 atom stereocenters. The van der Waals surface area contributed by atoms with E-state index in [1.54, 1.807) is 0 Å². The lowest BCUT2D eigenvalue weighted by Gasteiger charge is -2.33. The van der Waals surface area contributed by atoms with Crippen LogP contribution in [0.5, 0.6) is 0 Å². The number of hydrogen-bond acceptors (Lipinski definition) is 6. The number of carbonyl (C=O) groups is 1. The van der Waals surface area contributed by atoms with Gasteiger partial charge in [0.1, 0.15) is 5.82 Å². The molecule has 1 unspecified atom stereocenters. The quantitative estimate of drug-likeness (QED) is 0.726. The molecule has 1 aliphatic rings. The fraction of sp³-hybridized carbons (Fsp3) is 0.478. The Morgan fingerprint density at radius 3 is 2.62 bits per heavy atom. The van der Waals surface area contributed by atoms with Crippen molar-refractivity contribution in [1.82, 2.24) is 4.98 Å². The van der Waals surface area contributed by atoms with Crippen LogP contribution in [0.15, 0.2) is 24.3 Å². The van der Waals surface area contributed by atoms with E-state index in [9.17, 15) is 9.90 Å². The molecule has 2 N–H and O–H groups in total. The Labute approximate surface area is 172 Å². The number of rotatable bonds is 6. The maximum atomic E-state index is 11.8. The number of hydrogen-bond donors (Lipinski definition) is 2. The Kier molecular flexibility index (Phi) is 6.75. The zero-order valence-corrected chi connectivity index (χ0v) is 17.8. The largest absolute Gasteiger partial charge is 0.465 e. The van der Waals surface area contributed by atoms with Gasteiger partial charge in [0.25, 0.3) is 0 Å². The minimum absolute atomic E-state index is 0.233. The first-order chi connectivity index (χ1) is 13.9. The Bertz CT molecular complexity index is 859. The van der Waals surface area contributed by atoms with Crippen molar-refractivity contribution in [3.63, 3.8) is 0 Å². The van der Waals surface area contributed by atoms with Crippen LogP contribution in [-0.4, -0.2) is 42.9 Å². The fourth-order valence-electron chi connectivity index (χ4n) is 3.99. The number of anilines is 2. The fourth-order valence-corrected chi connectivity index (χ4v) is 3.99. The molecule has 0 spiro atoms. The molecule has 3 rings (SSSR count). The molecule has 1 saturated heterocycles. The Balaban J connectivity index is 1.76. The van der Waals surface area contributed by atoms with Crippen molar-refractivity contribution in [2.45, 2.75) is 40.2 Å². The summed E-state index contributed by atoms with van der Waals surface area (Å²) in [6, 6.07) is 7.88. The van der Waals surface area contributed by atoms with E-state index in [-0.39, 0.29) is 12.6 Å². The third kappa shape index (κ3) is 4.88. The van der Waals surface area contributed by atoms with Crippen molar-refractivity contribution in [1.29, 1.82) is 0 Å². The highest BCUT2D eigenvalue weighted by molar-refractivity contribution is 5.90. The normalized spacial score (nSPS) is 16.6. The predicted octanol–water partition coefficient (Wildman–Crippen LogP) is 3.61. The van der Waals surface area contributed by atoms with Gasteiger partial charge in [0, 0.05) is 25.4 Å². The zero-order valence-electron chi connectivity index (χ0n) is 17.8. The Hall–Kier alpha value is -2.60. The summed E-state index contributed by atoms with van der Waals surface area (Å²) in [7, 11) is 1.39. The standard InChI is InChI=1S/C23H31N3O3/c1-15-7-8-21(26-9-5-6-18(13-26)14-27)25-20(15)12-24-22-16(2)10-19(11-17(22)3)23(28)29-4/h7-8,10-11,18,24,27H,5-6,9,12-14H2,1-4H3. The second kappa shape index (κ2) is 9.27. The summed E-state index contributed by atoms with van der Waals surface area (Å²) >= 11 is 0. The van der Waals surface area contributed by atoms with Crippen LogP contribution in [0.1, 0.15) is 45.6 Å². The topological polar surface area (TPSA) is 74.7 Å². The van der Waals surface area contributed by atoms with Gasteiger partial charge in [0.05, 0.1) is 24.9 Å². The van der Waals surface area contributed by atoms with Gasteiger partial charge in [-0.2, -0.15) is 0 Å². The zero-order chi connectivity index (χ0) is 21.0. The van der Waals surface area contributed by atoms with Gasteiger partial charge in [-0.3, -0.25) is 0 Å². The molecule has 1 aromatic heterocycles. The van der Waals surface area contributed by atoms with Crippen LogP contribution in [-0.2, 0) is 11.3 Å². The van der Waals surface area contributed by atoms with Crippen molar-refractivity contribution in [2.75, 3.05) is 37.0 Å². The molecule has 1 aromatic carbocycles. The second-order valence-electron chi connectivity index (χ2n) is 7.90. The van der Waals surface area contributed by atoms with E-state index in [4.69, 9.17) is 9.72 Å². The number of aryl methyl sites for hydroxylation is 3. The molecule has 0 radical (unpaired) electrons. The maximum Gasteiger partial charge on any atom is 0.337 e. The first-order valence-electron chi connectivity index (χ1n) is 10.2. The van der Waals surface area contributed by atoms with Crippen LogP contribution >= 0.6 is 0 Å². The molecule has 1 fully saturated rings. The molecule has 1 aliphatic heterocycles. The van der Waals surface area contributed by atoms with Crippen LogP contribution < -0.4 is 10.2 Å². The number of ether oxygens (including phenoxy) is 1. The van der Waals surface area contributed by atoms with E-state index in [0.717, 1.165) is 59.8 Å². The lowest BCUT2D eigenvalue weighted by molar-refractivity contribution is 0.0600. The number of aliphatic hydroxyl groups excluding tert-OH is 1. The Morgan fingerprint density at radius 2 is 1.97 bits per heavy atom. The summed E-state index contributed by atoms with van der Waals surface area (Å²) in [4.78, 5) is 19.0. The average Bonchev–Trinajstić information content (AvgIpc) is 2.73. The van der Waals surface area contributed by atoms with Gasteiger partial charge in [-0.05, 0) is 74.4 Å². The summed E-state index contributed by atoms with van der Waals surface area (Å²) in [5.41, 5.74) is 5.72. The minimum atomic E-state index is -0.323. The van der Waals surface area contributed by atoms with Crippen molar-refractivity contribution in [3.05, 3.63) is 52.2 Å². The van der Waals surface area contributed by atoms with E-state index < -0.39 is 0 Å². The lowest BCUT2D eigenvalue weighted by atomic mass is 9.99. The van der Waals surface area contributed by atoms with E-state index in [2.05, 4.69) is 29.3 Å². The van der Waals surface area contributed by atoms with Crippen LogP contribution in [0.25, 0.3) is 0 Å². The predicted molar refractivity (Wildman–Crippen MR) is 116 cm³/mol. The Morgan fingerprint density at radius 1 is 1.24 bits per heavy atom. The van der Waals surface area contributed by atoms with Gasteiger partial charge in [0.2, 0.25) is 0 Å². The molecule has 2 heterocycles. The van der Waals surface area contributed by atoms with Gasteiger partial charge in [0.15, 0.2) is 0 Å². The summed E-state index contributed by atoms with van der Waals surface area (Å²) < 4.78 is 4.83. The average molecular weight is 398 g/mol. The van der Waals surface area contributed by atoms with E-state index in [0.29, 0.717) is 18.0 Å². The highest BCUT2D eigenvalue weighted by Gasteiger charge is 2.21. The number of nitrogens with zero attached hydrogens (tertiary/aromatic N) is 2. The minimum Gasteiger partial charge on any atom is -0.465 e. The highest BCUT2D eigenvalue weighted by Crippen LogP contribution is 2.25. The molecule has 6 heteroatoms. The number of benzene rings is 1. The van der Waals surface area contributed by atoms with Gasteiger partial charge in [-0.25, -0.2) is 9.78 Å². The molecule has 0 bridgehead atoms. The monoisotopic (exact) mass is 397 g/mol. The van der Waals surface area contributed by atoms with Crippen molar-refractivity contribution < 1.29 is 14.6 Å². The third-order valence-electron chi connectivity index (χ3n) is 5.67. The van der Waals surface area contributed by atoms with E-state index >= 15 is 0 Å². The summed E-state index contributed by atoms with van der Waals surface area (Å²) in [6.07, 6.45) is 2.16. The molecule has 0 aliphatic carbocycles. The van der Waals surface area contributed by atoms with E-state index in [1.807, 2.05) is 26.0 Å². The second-order valence-corrected chi connectivity index (χ2v) is 7.90. The van der Waals surface area contributed by atoms with Crippen LogP contribution in [0.3, 0.4) is 0 Å². The molecular formula is C23H31N3O3. The van der Waals surface area contributed by atoms with Crippen molar-refractivity contribution in [2.24, 2.45) is 5.92 Å². The summed E-state index contributed by atoms with van der Waals surface area (Å²) in [5.74, 6) is 0.975. The number of esters is 1. The van der Waals surface area contributed by atoms with Crippen LogP contribution in [0, 0.1) is 26.7 Å². The molecule has 6 nitrogen and oxygen atoms in total. The molecule has 156 valence electrons. The number of carbonyl (C=O) groups excluding carboxylic acids is 1. The maximum absolute atomic E-state index is 11.8. The van der Waals surface area contributed by atoms with Crippen LogP contribution in [0.2, 0.25) is 0 Å². The molecule has 2 aromatic rings. The molecular weight excluding hydrogens is 366 g/mol. The lowest BCUT2D eigenvalue weighted by Crippen LogP contribution is -2.37. The number of aromatic nitrogens is 1. The third-order valence-corrected chi connectivity index (χ3v) is 5.67. The van der Waals surface area contributed by atoms with Crippen molar-refractivity contribution in [3.8, 4) is 0 Å². The van der Waals surface area contributed by atoms with Crippen LogP contribution in [0.4, 0.5) is 11.5 Å². The number of methoxy groups -OCH3 is 1. The number of piperidine rings is 1. The summed E-state index contributed by atoms with van der Waals surface area (Å²) in [5, 5.41) is 13.0. The number of nitrogens with one attached hydrogen (secondary N) is 1. The van der Waals surface area contributed by atoms with Crippen molar-refractivity contribution >= 4 is 17.5 Å². The number of aliphatic hydroxyl groups is 1. The molecule has 0 amide bonds. The smallest absolute Gasteiger partial charge is 0.337 e. The van der Waals surface area contributed by atoms with Gasteiger partial charge < -0.3 is 20.1 Å². The first kappa shape index (κ1) is 21.1. The molecule has 0 saturated carbocycles.